The molecule has 6 heteroatoms. The van der Waals surface area contributed by atoms with Gasteiger partial charge < -0.3 is 5.73 Å². The van der Waals surface area contributed by atoms with Crippen molar-refractivity contribution in [2.75, 3.05) is 5.73 Å². The molecule has 6 nitrogen and oxygen atoms in total. The van der Waals surface area contributed by atoms with Gasteiger partial charge in [0.25, 0.3) is 5.69 Å². The Kier molecular flexibility index (Phi) is 2.32. The predicted molar refractivity (Wildman–Crippen MR) is 59.4 cm³/mol. The average Bonchev–Trinajstić information content (AvgIpc) is 2.59. The van der Waals surface area contributed by atoms with E-state index in [0.29, 0.717) is 11.5 Å². The lowest BCUT2D eigenvalue weighted by molar-refractivity contribution is -0.384. The summed E-state index contributed by atoms with van der Waals surface area (Å²) in [6, 6.07) is 6.39. The maximum atomic E-state index is 10.8. The lowest BCUT2D eigenvalue weighted by Crippen LogP contribution is -2.00. The summed E-state index contributed by atoms with van der Waals surface area (Å²) in [4.78, 5) is 10.4. The fraction of sp³-hybridized carbons (Fsp3) is 0.100. The van der Waals surface area contributed by atoms with Gasteiger partial charge in [0.05, 0.1) is 4.92 Å². The number of aryl methyl sites for hydroxylation is 1. The highest BCUT2D eigenvalue weighted by Gasteiger charge is 2.15. The highest BCUT2D eigenvalue weighted by molar-refractivity contribution is 5.53. The van der Waals surface area contributed by atoms with Crippen LogP contribution >= 0.6 is 0 Å². The fourth-order valence-corrected chi connectivity index (χ4v) is 1.41. The van der Waals surface area contributed by atoms with Crippen LogP contribution in [0.5, 0.6) is 0 Å². The van der Waals surface area contributed by atoms with E-state index in [9.17, 15) is 10.1 Å². The molecule has 0 saturated carbocycles. The second-order valence-corrected chi connectivity index (χ2v) is 3.39. The smallest absolute Gasteiger partial charge is 0.294 e. The van der Waals surface area contributed by atoms with E-state index in [1.165, 1.54) is 10.7 Å². The minimum Gasteiger partial charge on any atom is -0.382 e. The molecule has 2 aromatic rings. The van der Waals surface area contributed by atoms with Gasteiger partial charge in [0.1, 0.15) is 11.5 Å². The zero-order valence-electron chi connectivity index (χ0n) is 8.62. The Balaban J connectivity index is 2.59. The molecule has 0 aliphatic rings. The lowest BCUT2D eigenvalue weighted by atomic mass is 10.3. The molecule has 1 aromatic carbocycles. The molecule has 0 saturated heterocycles. The summed E-state index contributed by atoms with van der Waals surface area (Å²) in [5.74, 6) is 0.373. The molecule has 16 heavy (non-hydrogen) atoms. The van der Waals surface area contributed by atoms with E-state index in [2.05, 4.69) is 5.10 Å². The predicted octanol–water partition coefficient (Wildman–Crippen LogP) is 1.67. The number of nitro groups is 1. The molecule has 1 heterocycles. The molecular formula is C10H10N4O2. The first-order valence-electron chi connectivity index (χ1n) is 4.65. The van der Waals surface area contributed by atoms with Crippen LogP contribution in [-0.4, -0.2) is 14.7 Å². The number of nitro benzene ring substituents is 1. The standard InChI is InChI=1S/C10H10N4O2/c1-7-6-13(12-10(7)11)8-4-2-3-5-9(8)14(15)16/h2-6H,1H3,(H2,11,12). The van der Waals surface area contributed by atoms with Crippen molar-refractivity contribution in [2.24, 2.45) is 0 Å². The number of nitrogens with two attached hydrogens (primary N) is 1. The van der Waals surface area contributed by atoms with Crippen LogP contribution in [0.1, 0.15) is 5.56 Å². The summed E-state index contributed by atoms with van der Waals surface area (Å²) in [5.41, 5.74) is 6.81. The Labute approximate surface area is 91.5 Å². The molecule has 0 unspecified atom stereocenters. The minimum absolute atomic E-state index is 0.00463. The van der Waals surface area contributed by atoms with Crippen LogP contribution in [0.4, 0.5) is 11.5 Å². The Bertz CT molecular complexity index is 528. The van der Waals surface area contributed by atoms with Crippen LogP contribution in [0.3, 0.4) is 0 Å². The number of rotatable bonds is 2. The van der Waals surface area contributed by atoms with Gasteiger partial charge in [-0.05, 0) is 13.0 Å². The number of benzene rings is 1. The quantitative estimate of drug-likeness (QED) is 0.613. The fourth-order valence-electron chi connectivity index (χ4n) is 1.41. The van der Waals surface area contributed by atoms with Crippen LogP contribution in [0, 0.1) is 17.0 Å². The number of nitrogen functional groups attached to an aromatic ring is 1. The first kappa shape index (κ1) is 10.2. The molecule has 0 aliphatic carbocycles. The molecule has 0 atom stereocenters. The van der Waals surface area contributed by atoms with Crippen molar-refractivity contribution in [2.45, 2.75) is 6.92 Å². The lowest BCUT2D eigenvalue weighted by Gasteiger charge is -2.01. The molecular weight excluding hydrogens is 208 g/mol. The zero-order chi connectivity index (χ0) is 11.7. The minimum atomic E-state index is -0.442. The maximum absolute atomic E-state index is 10.8. The van der Waals surface area contributed by atoms with Gasteiger partial charge in [0.2, 0.25) is 0 Å². The van der Waals surface area contributed by atoms with Crippen molar-refractivity contribution < 1.29 is 4.92 Å². The summed E-state index contributed by atoms with van der Waals surface area (Å²) in [6.45, 7) is 1.80. The van der Waals surface area contributed by atoms with E-state index >= 15 is 0 Å². The number of anilines is 1. The Hall–Kier alpha value is -2.37. The number of hydrogen-bond donors (Lipinski definition) is 1. The van der Waals surface area contributed by atoms with E-state index in [4.69, 9.17) is 5.73 Å². The van der Waals surface area contributed by atoms with Gasteiger partial charge in [-0.15, -0.1) is 0 Å². The first-order chi connectivity index (χ1) is 7.59. The van der Waals surface area contributed by atoms with Crippen molar-refractivity contribution in [3.8, 4) is 5.69 Å². The van der Waals surface area contributed by atoms with Crippen molar-refractivity contribution in [3.05, 3.63) is 46.1 Å². The third-order valence-corrected chi connectivity index (χ3v) is 2.26. The van der Waals surface area contributed by atoms with Crippen LogP contribution in [-0.2, 0) is 0 Å². The van der Waals surface area contributed by atoms with E-state index in [0.717, 1.165) is 5.56 Å². The molecule has 1 aromatic heterocycles. The van der Waals surface area contributed by atoms with Gasteiger partial charge in [-0.1, -0.05) is 12.1 Å². The molecule has 82 valence electrons. The average molecular weight is 218 g/mol. The molecule has 2 rings (SSSR count). The van der Waals surface area contributed by atoms with Gasteiger partial charge in [-0.25, -0.2) is 4.68 Å². The number of hydrogen-bond acceptors (Lipinski definition) is 4. The first-order valence-corrected chi connectivity index (χ1v) is 4.65. The maximum Gasteiger partial charge on any atom is 0.294 e. The highest BCUT2D eigenvalue weighted by Crippen LogP contribution is 2.22. The van der Waals surface area contributed by atoms with Gasteiger partial charge in [-0.3, -0.25) is 10.1 Å². The van der Waals surface area contributed by atoms with Crippen molar-refractivity contribution in [1.29, 1.82) is 0 Å². The van der Waals surface area contributed by atoms with E-state index < -0.39 is 4.92 Å². The van der Waals surface area contributed by atoms with Crippen LogP contribution in [0.15, 0.2) is 30.5 Å². The van der Waals surface area contributed by atoms with Crippen molar-refractivity contribution in [1.82, 2.24) is 9.78 Å². The number of aromatic nitrogens is 2. The second-order valence-electron chi connectivity index (χ2n) is 3.39. The topological polar surface area (TPSA) is 87.0 Å². The number of nitrogens with zero attached hydrogens (tertiary/aromatic N) is 3. The zero-order valence-corrected chi connectivity index (χ0v) is 8.62. The third kappa shape index (κ3) is 1.60. The highest BCUT2D eigenvalue weighted by atomic mass is 16.6. The Morgan fingerprint density at radius 2 is 2.12 bits per heavy atom. The summed E-state index contributed by atoms with van der Waals surface area (Å²) >= 11 is 0. The second kappa shape index (κ2) is 3.65. The Morgan fingerprint density at radius 3 is 2.69 bits per heavy atom. The molecule has 0 fully saturated rings. The van der Waals surface area contributed by atoms with Gasteiger partial charge in [0.15, 0.2) is 0 Å². The molecule has 2 N–H and O–H groups in total. The molecule has 0 spiro atoms. The van der Waals surface area contributed by atoms with Crippen LogP contribution < -0.4 is 5.73 Å². The van der Waals surface area contributed by atoms with Gasteiger partial charge in [-0.2, -0.15) is 5.10 Å². The van der Waals surface area contributed by atoms with Crippen LogP contribution in [0.2, 0.25) is 0 Å². The van der Waals surface area contributed by atoms with E-state index in [1.54, 1.807) is 31.3 Å². The SMILES string of the molecule is Cc1cn(-c2ccccc2[N+](=O)[O-])nc1N. The van der Waals surface area contributed by atoms with Crippen molar-refractivity contribution in [3.63, 3.8) is 0 Å². The monoisotopic (exact) mass is 218 g/mol. The normalized spacial score (nSPS) is 10.3. The summed E-state index contributed by atoms with van der Waals surface area (Å²) in [5, 5.41) is 14.8. The summed E-state index contributed by atoms with van der Waals surface area (Å²) in [6.07, 6.45) is 1.66. The molecule has 0 aliphatic heterocycles. The summed E-state index contributed by atoms with van der Waals surface area (Å²) in [7, 11) is 0. The van der Waals surface area contributed by atoms with Crippen molar-refractivity contribution >= 4 is 11.5 Å². The third-order valence-electron chi connectivity index (χ3n) is 2.26. The van der Waals surface area contributed by atoms with E-state index in [1.807, 2.05) is 0 Å². The summed E-state index contributed by atoms with van der Waals surface area (Å²) < 4.78 is 1.42. The van der Waals surface area contributed by atoms with Crippen LogP contribution in [0.25, 0.3) is 5.69 Å². The van der Waals surface area contributed by atoms with E-state index in [-0.39, 0.29) is 5.69 Å². The largest absolute Gasteiger partial charge is 0.382 e. The van der Waals surface area contributed by atoms with Gasteiger partial charge >= 0.3 is 0 Å². The Morgan fingerprint density at radius 1 is 1.44 bits per heavy atom. The molecule has 0 bridgehead atoms. The molecule has 0 amide bonds. The number of para-hydroxylation sites is 2. The molecule has 0 radical (unpaired) electrons. The van der Waals surface area contributed by atoms with Gasteiger partial charge in [0, 0.05) is 17.8 Å².